The Morgan fingerprint density at radius 2 is 2.14 bits per heavy atom. The molecule has 6 heteroatoms. The van der Waals surface area contributed by atoms with Crippen LogP contribution in [-0.4, -0.2) is 36.2 Å². The molecule has 29 heavy (non-hydrogen) atoms. The second-order valence-corrected chi connectivity index (χ2v) is 7.43. The Labute approximate surface area is 171 Å². The van der Waals surface area contributed by atoms with Crippen LogP contribution in [0.1, 0.15) is 42.5 Å². The minimum absolute atomic E-state index is 0.0207. The van der Waals surface area contributed by atoms with Crippen molar-refractivity contribution in [2.45, 2.75) is 25.8 Å². The summed E-state index contributed by atoms with van der Waals surface area (Å²) in [5, 5.41) is 21.0. The fourth-order valence-corrected chi connectivity index (χ4v) is 4.00. The Balaban J connectivity index is 1.78. The summed E-state index contributed by atoms with van der Waals surface area (Å²) in [6.07, 6.45) is 4.09. The standard InChI is InChI=1S/C23H27N5O/c1-15(28-24)23-18-7-6-17(16-8-11-25-12-9-16)14-19(18)20(10-13-26-23)27-21-4-2-3-5-22(21)29/h2-8,14,20,25,27,29H,9-13,24H2,1H3. The van der Waals surface area contributed by atoms with E-state index in [2.05, 4.69) is 40.0 Å². The molecule has 2 heterocycles. The highest BCUT2D eigenvalue weighted by Gasteiger charge is 2.24. The molecule has 2 aliphatic rings. The average Bonchev–Trinajstić information content (AvgIpc) is 2.94. The van der Waals surface area contributed by atoms with E-state index in [0.29, 0.717) is 6.54 Å². The number of phenolic OH excluding ortho intramolecular Hbond substituents is 1. The lowest BCUT2D eigenvalue weighted by atomic mass is 9.89. The highest BCUT2D eigenvalue weighted by molar-refractivity contribution is 6.48. The van der Waals surface area contributed by atoms with E-state index in [0.717, 1.165) is 54.2 Å². The Hall–Kier alpha value is -3.12. The Morgan fingerprint density at radius 3 is 2.90 bits per heavy atom. The van der Waals surface area contributed by atoms with Crippen LogP contribution in [0.4, 0.5) is 5.69 Å². The van der Waals surface area contributed by atoms with E-state index >= 15 is 0 Å². The van der Waals surface area contributed by atoms with Gasteiger partial charge in [0.1, 0.15) is 5.75 Å². The molecule has 2 aromatic rings. The largest absolute Gasteiger partial charge is 0.506 e. The fourth-order valence-electron chi connectivity index (χ4n) is 4.00. The lowest BCUT2D eigenvalue weighted by Gasteiger charge is -2.23. The molecule has 5 N–H and O–H groups in total. The topological polar surface area (TPSA) is 95.0 Å². The number of nitrogens with two attached hydrogens (primary N) is 1. The first-order chi connectivity index (χ1) is 14.2. The van der Waals surface area contributed by atoms with Crippen molar-refractivity contribution in [2.24, 2.45) is 15.9 Å². The maximum atomic E-state index is 10.3. The van der Waals surface area contributed by atoms with E-state index in [9.17, 15) is 5.11 Å². The van der Waals surface area contributed by atoms with E-state index in [1.54, 1.807) is 6.07 Å². The van der Waals surface area contributed by atoms with Crippen molar-refractivity contribution in [1.29, 1.82) is 0 Å². The highest BCUT2D eigenvalue weighted by atomic mass is 16.3. The average molecular weight is 390 g/mol. The van der Waals surface area contributed by atoms with Gasteiger partial charge in [-0.2, -0.15) is 5.10 Å². The number of para-hydroxylation sites is 2. The van der Waals surface area contributed by atoms with Gasteiger partial charge in [0, 0.05) is 18.7 Å². The summed E-state index contributed by atoms with van der Waals surface area (Å²) in [5.74, 6) is 5.82. The molecule has 0 saturated heterocycles. The Kier molecular flexibility index (Phi) is 5.62. The number of aliphatic imine (C=N–C) groups is 1. The first kappa shape index (κ1) is 19.2. The maximum absolute atomic E-state index is 10.3. The van der Waals surface area contributed by atoms with Gasteiger partial charge < -0.3 is 21.6 Å². The van der Waals surface area contributed by atoms with Crippen LogP contribution >= 0.6 is 0 Å². The summed E-state index contributed by atoms with van der Waals surface area (Å²) < 4.78 is 0. The van der Waals surface area contributed by atoms with Crippen molar-refractivity contribution >= 4 is 22.7 Å². The lowest BCUT2D eigenvalue weighted by molar-refractivity contribution is 0.476. The first-order valence-corrected chi connectivity index (χ1v) is 10.1. The number of aromatic hydroxyl groups is 1. The van der Waals surface area contributed by atoms with E-state index in [1.807, 2.05) is 25.1 Å². The van der Waals surface area contributed by atoms with Crippen LogP contribution in [0.2, 0.25) is 0 Å². The number of phenols is 1. The third-order valence-corrected chi connectivity index (χ3v) is 5.57. The summed E-state index contributed by atoms with van der Waals surface area (Å²) in [4.78, 5) is 4.77. The van der Waals surface area contributed by atoms with Crippen LogP contribution in [0, 0.1) is 0 Å². The highest BCUT2D eigenvalue weighted by Crippen LogP contribution is 2.34. The summed E-state index contributed by atoms with van der Waals surface area (Å²) in [6.45, 7) is 4.44. The molecule has 0 saturated carbocycles. The monoisotopic (exact) mass is 389 g/mol. The molecule has 2 aromatic carbocycles. The number of hydrogen-bond acceptors (Lipinski definition) is 6. The Bertz CT molecular complexity index is 993. The van der Waals surface area contributed by atoms with E-state index in [4.69, 9.17) is 10.8 Å². The molecule has 0 aromatic heterocycles. The SMILES string of the molecule is CC(=NN)C1=NCCC(Nc2ccccc2O)c2cc(C3=CCNCC3)ccc21. The fraction of sp³-hybridized carbons (Fsp3) is 0.304. The zero-order valence-electron chi connectivity index (χ0n) is 16.7. The molecule has 0 spiro atoms. The predicted molar refractivity (Wildman–Crippen MR) is 120 cm³/mol. The van der Waals surface area contributed by atoms with Gasteiger partial charge in [-0.15, -0.1) is 0 Å². The number of rotatable bonds is 4. The van der Waals surface area contributed by atoms with Crippen molar-refractivity contribution in [1.82, 2.24) is 5.32 Å². The van der Waals surface area contributed by atoms with Crippen molar-refractivity contribution < 1.29 is 5.11 Å². The molecule has 0 radical (unpaired) electrons. The zero-order valence-corrected chi connectivity index (χ0v) is 16.7. The van der Waals surface area contributed by atoms with Gasteiger partial charge in [0.15, 0.2) is 0 Å². The number of anilines is 1. The number of fused-ring (bicyclic) bond motifs is 1. The molecule has 0 bridgehead atoms. The Morgan fingerprint density at radius 1 is 1.28 bits per heavy atom. The van der Waals surface area contributed by atoms with Gasteiger partial charge in [0.05, 0.1) is 23.2 Å². The van der Waals surface area contributed by atoms with Gasteiger partial charge in [-0.25, -0.2) is 0 Å². The van der Waals surface area contributed by atoms with Crippen LogP contribution in [0.3, 0.4) is 0 Å². The molecule has 0 amide bonds. The second-order valence-electron chi connectivity index (χ2n) is 7.43. The summed E-state index contributed by atoms with van der Waals surface area (Å²) in [6, 6.07) is 13.9. The molecule has 6 nitrogen and oxygen atoms in total. The summed E-state index contributed by atoms with van der Waals surface area (Å²) >= 11 is 0. The second kappa shape index (κ2) is 8.49. The molecule has 1 atom stereocenters. The van der Waals surface area contributed by atoms with Crippen molar-refractivity contribution in [3.63, 3.8) is 0 Å². The third-order valence-electron chi connectivity index (χ3n) is 5.57. The van der Waals surface area contributed by atoms with Crippen LogP contribution < -0.4 is 16.5 Å². The maximum Gasteiger partial charge on any atom is 0.138 e. The van der Waals surface area contributed by atoms with Gasteiger partial charge in [-0.1, -0.05) is 30.3 Å². The van der Waals surface area contributed by atoms with Crippen LogP contribution in [-0.2, 0) is 0 Å². The quantitative estimate of drug-likeness (QED) is 0.279. The number of nitrogens with one attached hydrogen (secondary N) is 2. The number of hydrogen-bond donors (Lipinski definition) is 4. The van der Waals surface area contributed by atoms with Gasteiger partial charge >= 0.3 is 0 Å². The van der Waals surface area contributed by atoms with Crippen molar-refractivity contribution in [3.05, 3.63) is 65.2 Å². The van der Waals surface area contributed by atoms with Crippen LogP contribution in [0.5, 0.6) is 5.75 Å². The number of benzene rings is 2. The van der Waals surface area contributed by atoms with Crippen LogP contribution in [0.15, 0.2) is 58.6 Å². The van der Waals surface area contributed by atoms with E-state index < -0.39 is 0 Å². The zero-order chi connectivity index (χ0) is 20.2. The summed E-state index contributed by atoms with van der Waals surface area (Å²) in [5.41, 5.74) is 7.09. The molecule has 0 aliphatic carbocycles. The van der Waals surface area contributed by atoms with Crippen LogP contribution in [0.25, 0.3) is 5.57 Å². The smallest absolute Gasteiger partial charge is 0.138 e. The minimum atomic E-state index is 0.0207. The number of nitrogens with zero attached hydrogens (tertiary/aromatic N) is 2. The first-order valence-electron chi connectivity index (χ1n) is 10.1. The van der Waals surface area contributed by atoms with Crippen molar-refractivity contribution in [2.75, 3.05) is 25.0 Å². The molecule has 4 rings (SSSR count). The molecular weight excluding hydrogens is 362 g/mol. The van der Waals surface area contributed by atoms with Gasteiger partial charge in [0.25, 0.3) is 0 Å². The van der Waals surface area contributed by atoms with Gasteiger partial charge in [-0.05, 0) is 61.2 Å². The number of hydrazone groups is 1. The van der Waals surface area contributed by atoms with Crippen molar-refractivity contribution in [3.8, 4) is 5.75 Å². The molecule has 2 aliphatic heterocycles. The molecular formula is C23H27N5O. The molecule has 1 unspecified atom stereocenters. The summed E-state index contributed by atoms with van der Waals surface area (Å²) in [7, 11) is 0. The van der Waals surface area contributed by atoms with E-state index in [-0.39, 0.29) is 11.8 Å². The van der Waals surface area contributed by atoms with Gasteiger partial charge in [0.2, 0.25) is 0 Å². The van der Waals surface area contributed by atoms with Gasteiger partial charge in [-0.3, -0.25) is 4.99 Å². The minimum Gasteiger partial charge on any atom is -0.506 e. The van der Waals surface area contributed by atoms with E-state index in [1.165, 1.54) is 11.1 Å². The lowest BCUT2D eigenvalue weighted by Crippen LogP contribution is -2.21. The molecule has 150 valence electrons. The normalized spacial score (nSPS) is 19.6. The third kappa shape index (κ3) is 4.03. The predicted octanol–water partition coefficient (Wildman–Crippen LogP) is 3.45. The molecule has 0 fully saturated rings.